The number of hydrogen-bond donors (Lipinski definition) is 2. The van der Waals surface area contributed by atoms with Crippen molar-refractivity contribution in [3.05, 3.63) is 28.3 Å². The number of rotatable bonds is 6. The minimum absolute atomic E-state index is 0.0310. The van der Waals surface area contributed by atoms with Crippen molar-refractivity contribution in [2.45, 2.75) is 44.6 Å². The molecule has 1 aromatic carbocycles. The molecule has 0 unspecified atom stereocenters. The van der Waals surface area contributed by atoms with Crippen LogP contribution in [-0.2, 0) is 9.59 Å². The van der Waals surface area contributed by atoms with Crippen LogP contribution in [0.2, 0.25) is 0 Å². The number of carbonyl (C=O) groups excluding carboxylic acids is 3. The molecule has 29 heavy (non-hydrogen) atoms. The van der Waals surface area contributed by atoms with E-state index >= 15 is 0 Å². The van der Waals surface area contributed by atoms with Gasteiger partial charge in [0.15, 0.2) is 0 Å². The van der Waals surface area contributed by atoms with Crippen molar-refractivity contribution in [1.82, 2.24) is 10.2 Å². The van der Waals surface area contributed by atoms with Gasteiger partial charge < -0.3 is 15.4 Å². The zero-order valence-electron chi connectivity index (χ0n) is 16.4. The van der Waals surface area contributed by atoms with Crippen LogP contribution in [0, 0.1) is 16.0 Å². The second kappa shape index (κ2) is 8.06. The van der Waals surface area contributed by atoms with Crippen molar-refractivity contribution in [3.63, 3.8) is 0 Å². The summed E-state index contributed by atoms with van der Waals surface area (Å²) in [5.41, 5.74) is -1.41. The number of nitro groups is 1. The van der Waals surface area contributed by atoms with Gasteiger partial charge >= 0.3 is 6.03 Å². The standard InChI is InChI=1S/C19H24N4O6/c1-19(12-6-4-3-5-7-12)17(25)22(18(26)21-19)11-16(24)20-14-9-8-13(29-2)10-15(14)23(27)28/h8-10,12H,3-7,11H2,1-2H3,(H,20,24)(H,21,26)/t19-/m0/s1. The molecule has 2 N–H and O–H groups in total. The predicted molar refractivity (Wildman–Crippen MR) is 104 cm³/mol. The lowest BCUT2D eigenvalue weighted by molar-refractivity contribution is -0.384. The SMILES string of the molecule is COc1ccc(NC(=O)CN2C(=O)N[C@@](C)(C3CCCCC3)C2=O)c([N+](=O)[O-])c1. The summed E-state index contributed by atoms with van der Waals surface area (Å²) in [6, 6.07) is 3.37. The summed E-state index contributed by atoms with van der Waals surface area (Å²) in [7, 11) is 1.37. The van der Waals surface area contributed by atoms with E-state index in [-0.39, 0.29) is 23.0 Å². The Bertz CT molecular complexity index is 851. The first kappa shape index (κ1) is 20.6. The summed E-state index contributed by atoms with van der Waals surface area (Å²) >= 11 is 0. The Morgan fingerprint density at radius 2 is 2.03 bits per heavy atom. The normalized spacial score (nSPS) is 22.3. The van der Waals surface area contributed by atoms with Gasteiger partial charge in [-0.3, -0.25) is 24.6 Å². The molecule has 0 radical (unpaired) electrons. The van der Waals surface area contributed by atoms with Crippen LogP contribution in [0.3, 0.4) is 0 Å². The molecular weight excluding hydrogens is 380 g/mol. The summed E-state index contributed by atoms with van der Waals surface area (Å²) < 4.78 is 4.96. The van der Waals surface area contributed by atoms with Crippen molar-refractivity contribution >= 4 is 29.2 Å². The van der Waals surface area contributed by atoms with Gasteiger partial charge in [-0.25, -0.2) is 4.79 Å². The van der Waals surface area contributed by atoms with Crippen molar-refractivity contribution in [1.29, 1.82) is 0 Å². The van der Waals surface area contributed by atoms with E-state index in [1.807, 2.05) is 0 Å². The maximum atomic E-state index is 12.9. The average Bonchev–Trinajstić information content (AvgIpc) is 2.92. The van der Waals surface area contributed by atoms with Crippen molar-refractivity contribution in [2.75, 3.05) is 19.0 Å². The molecule has 0 bridgehead atoms. The number of carbonyl (C=O) groups is 3. The third kappa shape index (κ3) is 4.01. The van der Waals surface area contributed by atoms with E-state index in [2.05, 4.69) is 10.6 Å². The molecule has 10 heteroatoms. The van der Waals surface area contributed by atoms with Crippen molar-refractivity contribution in [3.8, 4) is 5.75 Å². The molecule has 1 saturated heterocycles. The monoisotopic (exact) mass is 404 g/mol. The number of hydrogen-bond acceptors (Lipinski definition) is 6. The molecule has 0 spiro atoms. The Morgan fingerprint density at radius 1 is 1.34 bits per heavy atom. The lowest BCUT2D eigenvalue weighted by Gasteiger charge is -2.34. The number of urea groups is 1. The van der Waals surface area contributed by atoms with E-state index in [0.717, 1.165) is 37.0 Å². The fourth-order valence-corrected chi connectivity index (χ4v) is 4.04. The molecule has 10 nitrogen and oxygen atoms in total. The summed E-state index contributed by atoms with van der Waals surface area (Å²) in [5.74, 6) is -0.834. The molecule has 1 atom stereocenters. The smallest absolute Gasteiger partial charge is 0.325 e. The number of nitro benzene ring substituents is 1. The van der Waals surface area contributed by atoms with E-state index in [1.54, 1.807) is 6.92 Å². The van der Waals surface area contributed by atoms with Gasteiger partial charge in [-0.15, -0.1) is 0 Å². The van der Waals surface area contributed by atoms with Crippen LogP contribution in [0.25, 0.3) is 0 Å². The highest BCUT2D eigenvalue weighted by Crippen LogP contribution is 2.36. The summed E-state index contributed by atoms with van der Waals surface area (Å²) in [5, 5.41) is 16.4. The Morgan fingerprint density at radius 3 is 2.66 bits per heavy atom. The number of benzene rings is 1. The molecule has 2 aliphatic rings. The number of amides is 4. The Balaban J connectivity index is 1.72. The van der Waals surface area contributed by atoms with E-state index in [1.165, 1.54) is 25.3 Å². The Hall–Kier alpha value is -3.17. The molecule has 0 aromatic heterocycles. The third-order valence-corrected chi connectivity index (χ3v) is 5.70. The second-order valence-electron chi connectivity index (χ2n) is 7.55. The van der Waals surface area contributed by atoms with Gasteiger partial charge in [0.25, 0.3) is 11.6 Å². The maximum Gasteiger partial charge on any atom is 0.325 e. The van der Waals surface area contributed by atoms with E-state index < -0.39 is 34.9 Å². The molecule has 1 saturated carbocycles. The molecule has 1 heterocycles. The average molecular weight is 404 g/mol. The minimum atomic E-state index is -1.02. The lowest BCUT2D eigenvalue weighted by atomic mass is 9.75. The van der Waals surface area contributed by atoms with Gasteiger partial charge in [-0.1, -0.05) is 19.3 Å². The van der Waals surface area contributed by atoms with Gasteiger partial charge in [0.05, 0.1) is 18.1 Å². The Kier molecular flexibility index (Phi) is 5.71. The molecule has 1 aliphatic heterocycles. The Labute approximate surface area is 167 Å². The number of anilines is 1. The number of nitrogens with one attached hydrogen (secondary N) is 2. The highest BCUT2D eigenvalue weighted by molar-refractivity contribution is 6.10. The van der Waals surface area contributed by atoms with Gasteiger partial charge in [0.2, 0.25) is 5.91 Å². The van der Waals surface area contributed by atoms with Crippen LogP contribution < -0.4 is 15.4 Å². The zero-order chi connectivity index (χ0) is 21.2. The van der Waals surface area contributed by atoms with E-state index in [9.17, 15) is 24.5 Å². The molecule has 3 rings (SSSR count). The van der Waals surface area contributed by atoms with Crippen LogP contribution in [0.1, 0.15) is 39.0 Å². The molecule has 1 aliphatic carbocycles. The summed E-state index contributed by atoms with van der Waals surface area (Å²) in [4.78, 5) is 49.2. The number of nitrogens with zero attached hydrogens (tertiary/aromatic N) is 2. The maximum absolute atomic E-state index is 12.9. The van der Waals surface area contributed by atoms with Gasteiger partial charge in [-0.2, -0.15) is 0 Å². The largest absolute Gasteiger partial charge is 0.496 e. The molecular formula is C19H24N4O6. The predicted octanol–water partition coefficient (Wildman–Crippen LogP) is 2.43. The van der Waals surface area contributed by atoms with Crippen LogP contribution >= 0.6 is 0 Å². The topological polar surface area (TPSA) is 131 Å². The fourth-order valence-electron chi connectivity index (χ4n) is 4.04. The third-order valence-electron chi connectivity index (χ3n) is 5.70. The van der Waals surface area contributed by atoms with Crippen LogP contribution in [0.15, 0.2) is 18.2 Å². The number of imide groups is 1. The first-order chi connectivity index (χ1) is 13.8. The fraction of sp³-hybridized carbons (Fsp3) is 0.526. The van der Waals surface area contributed by atoms with Crippen molar-refractivity contribution < 1.29 is 24.0 Å². The first-order valence-electron chi connectivity index (χ1n) is 9.52. The van der Waals surface area contributed by atoms with Crippen LogP contribution in [0.5, 0.6) is 5.75 Å². The summed E-state index contributed by atoms with van der Waals surface area (Å²) in [6.07, 6.45) is 4.82. The molecule has 4 amide bonds. The van der Waals surface area contributed by atoms with Crippen LogP contribution in [0.4, 0.5) is 16.2 Å². The van der Waals surface area contributed by atoms with E-state index in [0.29, 0.717) is 0 Å². The summed E-state index contributed by atoms with van der Waals surface area (Å²) in [6.45, 7) is 1.19. The first-order valence-corrected chi connectivity index (χ1v) is 9.52. The zero-order valence-corrected chi connectivity index (χ0v) is 16.4. The highest BCUT2D eigenvalue weighted by Gasteiger charge is 2.52. The van der Waals surface area contributed by atoms with Gasteiger partial charge in [0.1, 0.15) is 23.5 Å². The number of methoxy groups -OCH3 is 1. The quantitative estimate of drug-likeness (QED) is 0.425. The molecule has 1 aromatic rings. The van der Waals surface area contributed by atoms with Crippen molar-refractivity contribution in [2.24, 2.45) is 5.92 Å². The molecule has 2 fully saturated rings. The van der Waals surface area contributed by atoms with E-state index in [4.69, 9.17) is 4.74 Å². The van der Waals surface area contributed by atoms with Crippen LogP contribution in [-0.4, -0.2) is 46.9 Å². The molecule has 156 valence electrons. The van der Waals surface area contributed by atoms with Gasteiger partial charge in [0, 0.05) is 0 Å². The van der Waals surface area contributed by atoms with Gasteiger partial charge in [-0.05, 0) is 37.8 Å². The lowest BCUT2D eigenvalue weighted by Crippen LogP contribution is -2.51. The highest BCUT2D eigenvalue weighted by atomic mass is 16.6. The minimum Gasteiger partial charge on any atom is -0.496 e. The second-order valence-corrected chi connectivity index (χ2v) is 7.55. The number of ether oxygens (including phenoxy) is 1.